The number of nitrogens with two attached hydrogens (primary N) is 1. The fourth-order valence-electron chi connectivity index (χ4n) is 1.17. The van der Waals surface area contributed by atoms with Gasteiger partial charge in [0, 0.05) is 18.0 Å². The second kappa shape index (κ2) is 5.32. The van der Waals surface area contributed by atoms with Gasteiger partial charge in [-0.05, 0) is 17.7 Å². The minimum atomic E-state index is -0.689. The Morgan fingerprint density at radius 3 is 2.29 bits per heavy atom. The molecule has 1 aromatic carbocycles. The molecule has 0 bridgehead atoms. The van der Waals surface area contributed by atoms with Crippen LogP contribution in [0.3, 0.4) is 0 Å². The van der Waals surface area contributed by atoms with E-state index in [2.05, 4.69) is 0 Å². The minimum Gasteiger partial charge on any atom is -0.392 e. The van der Waals surface area contributed by atoms with Crippen LogP contribution in [0.25, 0.3) is 0 Å². The van der Waals surface area contributed by atoms with Gasteiger partial charge >= 0.3 is 0 Å². The van der Waals surface area contributed by atoms with Gasteiger partial charge in [0.05, 0.1) is 12.2 Å². The molecule has 0 saturated heterocycles. The zero-order chi connectivity index (χ0) is 10.6. The second-order valence-corrected chi connectivity index (χ2v) is 3.63. The lowest BCUT2D eigenvalue weighted by molar-refractivity contribution is 0.0851. The van der Waals surface area contributed by atoms with Crippen LogP contribution in [0.1, 0.15) is 18.1 Å². The van der Waals surface area contributed by atoms with Gasteiger partial charge in [-0.15, -0.1) is 0 Å². The molecular weight excluding hydrogens is 202 g/mol. The first-order valence-electron chi connectivity index (χ1n) is 4.45. The molecule has 0 radical (unpaired) electrons. The molecule has 0 aliphatic rings. The third-order valence-corrected chi connectivity index (χ3v) is 2.27. The minimum absolute atomic E-state index is 0.157. The zero-order valence-electron chi connectivity index (χ0n) is 7.73. The van der Waals surface area contributed by atoms with E-state index >= 15 is 0 Å². The molecule has 0 fully saturated rings. The van der Waals surface area contributed by atoms with E-state index < -0.39 is 12.2 Å². The maximum absolute atomic E-state index is 9.65. The summed E-state index contributed by atoms with van der Waals surface area (Å²) in [5, 5.41) is 19.5. The lowest BCUT2D eigenvalue weighted by Gasteiger charge is -2.14. The summed E-state index contributed by atoms with van der Waals surface area (Å²) in [6.45, 7) is 0.157. The first-order valence-corrected chi connectivity index (χ1v) is 4.83. The highest BCUT2D eigenvalue weighted by atomic mass is 35.5. The summed E-state index contributed by atoms with van der Waals surface area (Å²) in [6, 6.07) is 6.87. The molecule has 1 rings (SSSR count). The van der Waals surface area contributed by atoms with E-state index in [4.69, 9.17) is 17.3 Å². The Hall–Kier alpha value is -0.610. The number of benzene rings is 1. The van der Waals surface area contributed by atoms with Crippen molar-refractivity contribution < 1.29 is 10.2 Å². The molecule has 14 heavy (non-hydrogen) atoms. The van der Waals surface area contributed by atoms with Crippen LogP contribution in [-0.2, 0) is 0 Å². The molecule has 0 aromatic heterocycles. The highest BCUT2D eigenvalue weighted by Crippen LogP contribution is 2.20. The van der Waals surface area contributed by atoms with E-state index in [1.165, 1.54) is 0 Å². The van der Waals surface area contributed by atoms with Crippen molar-refractivity contribution in [1.29, 1.82) is 0 Å². The number of rotatable bonds is 4. The summed E-state index contributed by atoms with van der Waals surface area (Å²) >= 11 is 5.70. The molecule has 4 N–H and O–H groups in total. The maximum atomic E-state index is 9.65. The number of hydrogen-bond acceptors (Lipinski definition) is 3. The fourth-order valence-corrected chi connectivity index (χ4v) is 1.30. The highest BCUT2D eigenvalue weighted by molar-refractivity contribution is 6.30. The zero-order valence-corrected chi connectivity index (χ0v) is 8.48. The predicted molar refractivity (Wildman–Crippen MR) is 56.1 cm³/mol. The molecule has 78 valence electrons. The molecule has 0 heterocycles. The standard InChI is InChI=1S/C10H14ClNO2/c11-8-3-1-7(2-4-8)10(14)5-9(13)6-12/h1-4,9-10,13-14H,5-6,12H2. The number of halogens is 1. The third kappa shape index (κ3) is 3.27. The van der Waals surface area contributed by atoms with Crippen molar-refractivity contribution in [3.8, 4) is 0 Å². The number of hydrogen-bond donors (Lipinski definition) is 3. The quantitative estimate of drug-likeness (QED) is 0.704. The first kappa shape index (κ1) is 11.5. The van der Waals surface area contributed by atoms with Crippen molar-refractivity contribution >= 4 is 11.6 Å². The normalized spacial score (nSPS) is 15.1. The summed E-state index contributed by atoms with van der Waals surface area (Å²) in [7, 11) is 0. The molecule has 3 nitrogen and oxygen atoms in total. The van der Waals surface area contributed by atoms with Gasteiger partial charge in [-0.2, -0.15) is 0 Å². The average Bonchev–Trinajstić information content (AvgIpc) is 2.18. The Kier molecular flexibility index (Phi) is 4.35. The van der Waals surface area contributed by atoms with Crippen molar-refractivity contribution in [2.24, 2.45) is 5.73 Å². The van der Waals surface area contributed by atoms with E-state index in [1.807, 2.05) is 0 Å². The number of aliphatic hydroxyl groups excluding tert-OH is 2. The summed E-state index contributed by atoms with van der Waals surface area (Å²) in [4.78, 5) is 0. The van der Waals surface area contributed by atoms with Gasteiger partial charge in [0.25, 0.3) is 0 Å². The van der Waals surface area contributed by atoms with Crippen LogP contribution in [0.2, 0.25) is 5.02 Å². The monoisotopic (exact) mass is 215 g/mol. The predicted octanol–water partition coefficient (Wildman–Crippen LogP) is 1.08. The van der Waals surface area contributed by atoms with Crippen LogP contribution >= 0.6 is 11.6 Å². The van der Waals surface area contributed by atoms with Crippen molar-refractivity contribution in [2.45, 2.75) is 18.6 Å². The van der Waals surface area contributed by atoms with E-state index in [-0.39, 0.29) is 13.0 Å². The molecule has 2 atom stereocenters. The Balaban J connectivity index is 2.60. The molecule has 0 spiro atoms. The largest absolute Gasteiger partial charge is 0.392 e. The van der Waals surface area contributed by atoms with Crippen LogP contribution < -0.4 is 5.73 Å². The van der Waals surface area contributed by atoms with Crippen LogP contribution in [0, 0.1) is 0 Å². The molecule has 0 amide bonds. The lowest BCUT2D eigenvalue weighted by Crippen LogP contribution is -2.22. The molecule has 0 aliphatic carbocycles. The smallest absolute Gasteiger partial charge is 0.0815 e. The summed E-state index contributed by atoms with van der Waals surface area (Å²) in [5.74, 6) is 0. The molecule has 0 saturated carbocycles. The van der Waals surface area contributed by atoms with Crippen LogP contribution in [0.4, 0.5) is 0 Å². The Morgan fingerprint density at radius 2 is 1.79 bits per heavy atom. The van der Waals surface area contributed by atoms with Gasteiger partial charge in [0.2, 0.25) is 0 Å². The molecule has 4 heteroatoms. The molecular formula is C10H14ClNO2. The molecule has 0 aliphatic heterocycles. The van der Waals surface area contributed by atoms with Crippen LogP contribution in [0.15, 0.2) is 24.3 Å². The van der Waals surface area contributed by atoms with E-state index in [0.29, 0.717) is 5.02 Å². The summed E-state index contributed by atoms with van der Waals surface area (Å²) in [6.07, 6.45) is -1.11. The SMILES string of the molecule is NCC(O)CC(O)c1ccc(Cl)cc1. The van der Waals surface area contributed by atoms with Crippen molar-refractivity contribution in [3.05, 3.63) is 34.9 Å². The van der Waals surface area contributed by atoms with Gasteiger partial charge in [-0.25, -0.2) is 0 Å². The van der Waals surface area contributed by atoms with Gasteiger partial charge in [-0.3, -0.25) is 0 Å². The number of aliphatic hydroxyl groups is 2. The second-order valence-electron chi connectivity index (χ2n) is 3.19. The molecule has 1 aromatic rings. The first-order chi connectivity index (χ1) is 6.63. The van der Waals surface area contributed by atoms with Crippen molar-refractivity contribution in [3.63, 3.8) is 0 Å². The van der Waals surface area contributed by atoms with Gasteiger partial charge < -0.3 is 15.9 Å². The van der Waals surface area contributed by atoms with Crippen LogP contribution in [0.5, 0.6) is 0 Å². The third-order valence-electron chi connectivity index (χ3n) is 2.02. The van der Waals surface area contributed by atoms with Gasteiger partial charge in [0.15, 0.2) is 0 Å². The van der Waals surface area contributed by atoms with Crippen molar-refractivity contribution in [2.75, 3.05) is 6.54 Å². The average molecular weight is 216 g/mol. The van der Waals surface area contributed by atoms with E-state index in [0.717, 1.165) is 5.56 Å². The fraction of sp³-hybridized carbons (Fsp3) is 0.400. The van der Waals surface area contributed by atoms with Gasteiger partial charge in [-0.1, -0.05) is 23.7 Å². The van der Waals surface area contributed by atoms with E-state index in [9.17, 15) is 10.2 Å². The highest BCUT2D eigenvalue weighted by Gasteiger charge is 2.12. The lowest BCUT2D eigenvalue weighted by atomic mass is 10.0. The summed E-state index contributed by atoms with van der Waals surface area (Å²) in [5.41, 5.74) is 5.98. The Morgan fingerprint density at radius 1 is 1.21 bits per heavy atom. The Bertz CT molecular complexity index is 276. The van der Waals surface area contributed by atoms with Crippen LogP contribution in [-0.4, -0.2) is 22.9 Å². The van der Waals surface area contributed by atoms with Gasteiger partial charge in [0.1, 0.15) is 0 Å². The molecule has 2 unspecified atom stereocenters. The summed E-state index contributed by atoms with van der Waals surface area (Å²) < 4.78 is 0. The van der Waals surface area contributed by atoms with Crippen molar-refractivity contribution in [1.82, 2.24) is 0 Å². The topological polar surface area (TPSA) is 66.5 Å². The maximum Gasteiger partial charge on any atom is 0.0815 e. The Labute approximate surface area is 88.1 Å². The van der Waals surface area contributed by atoms with E-state index in [1.54, 1.807) is 24.3 Å².